The number of aliphatic carboxylic acids is 1. The lowest BCUT2D eigenvalue weighted by Crippen LogP contribution is -2.22. The third kappa shape index (κ3) is 3.98. The maximum atomic E-state index is 11.5. The first kappa shape index (κ1) is 14.9. The van der Waals surface area contributed by atoms with E-state index in [1.165, 1.54) is 5.01 Å². The molecule has 1 aliphatic heterocycles. The molecule has 1 aromatic heterocycles. The maximum Gasteiger partial charge on any atom is 0.306 e. The van der Waals surface area contributed by atoms with Gasteiger partial charge in [-0.1, -0.05) is 6.07 Å². The highest BCUT2D eigenvalue weighted by molar-refractivity contribution is 5.76. The van der Waals surface area contributed by atoms with Crippen LogP contribution in [0.15, 0.2) is 29.8 Å². The fourth-order valence-corrected chi connectivity index (χ4v) is 2.29. The first-order valence-corrected chi connectivity index (χ1v) is 6.51. The summed E-state index contributed by atoms with van der Waals surface area (Å²) < 4.78 is 5.18. The van der Waals surface area contributed by atoms with E-state index in [2.05, 4.69) is 10.3 Å². The Morgan fingerprint density at radius 2 is 2.29 bits per heavy atom. The van der Waals surface area contributed by atoms with E-state index in [1.54, 1.807) is 18.5 Å². The van der Waals surface area contributed by atoms with Gasteiger partial charge in [-0.2, -0.15) is 0 Å². The van der Waals surface area contributed by atoms with Gasteiger partial charge in [-0.3, -0.25) is 14.6 Å². The van der Waals surface area contributed by atoms with E-state index in [-0.39, 0.29) is 25.4 Å². The van der Waals surface area contributed by atoms with Crippen LogP contribution in [-0.4, -0.2) is 39.7 Å². The molecule has 0 aliphatic carbocycles. The lowest BCUT2D eigenvalue weighted by molar-refractivity contribution is -0.151. The molecule has 8 heteroatoms. The van der Waals surface area contributed by atoms with E-state index in [1.807, 2.05) is 6.07 Å². The molecule has 0 saturated carbocycles. The number of carboxylic acids is 1. The van der Waals surface area contributed by atoms with Crippen molar-refractivity contribution in [3.05, 3.63) is 35.0 Å². The van der Waals surface area contributed by atoms with Crippen LogP contribution < -0.4 is 0 Å². The van der Waals surface area contributed by atoms with Crippen molar-refractivity contribution in [2.75, 3.05) is 6.54 Å². The Hall–Kier alpha value is -2.51. The van der Waals surface area contributed by atoms with Crippen LogP contribution in [-0.2, 0) is 14.3 Å². The van der Waals surface area contributed by atoms with E-state index >= 15 is 0 Å². The molecule has 1 saturated heterocycles. The van der Waals surface area contributed by atoms with Gasteiger partial charge in [0.25, 0.3) is 0 Å². The van der Waals surface area contributed by atoms with Crippen LogP contribution in [0.3, 0.4) is 0 Å². The number of ether oxygens (including phenoxy) is 1. The second kappa shape index (κ2) is 6.78. The number of nitroso groups, excluding NO2 is 1. The number of pyridine rings is 1. The zero-order valence-corrected chi connectivity index (χ0v) is 11.2. The Morgan fingerprint density at radius 3 is 2.90 bits per heavy atom. The summed E-state index contributed by atoms with van der Waals surface area (Å²) in [5, 5.41) is 12.8. The molecule has 0 aromatic carbocycles. The summed E-state index contributed by atoms with van der Waals surface area (Å²) in [5.74, 6) is -1.64. The number of hydrogen-bond acceptors (Lipinski definition) is 6. The summed E-state index contributed by atoms with van der Waals surface area (Å²) in [5.41, 5.74) is 0.821. The van der Waals surface area contributed by atoms with Crippen molar-refractivity contribution in [2.45, 2.75) is 31.4 Å². The van der Waals surface area contributed by atoms with Gasteiger partial charge in [0.2, 0.25) is 0 Å². The molecule has 2 unspecified atom stereocenters. The van der Waals surface area contributed by atoms with E-state index in [4.69, 9.17) is 9.84 Å². The lowest BCUT2D eigenvalue weighted by Gasteiger charge is -2.16. The number of rotatable bonds is 6. The van der Waals surface area contributed by atoms with Gasteiger partial charge in [-0.25, -0.2) is 5.01 Å². The Labute approximate surface area is 120 Å². The molecule has 0 spiro atoms. The van der Waals surface area contributed by atoms with Crippen LogP contribution in [0.4, 0.5) is 0 Å². The minimum absolute atomic E-state index is 0.183. The van der Waals surface area contributed by atoms with Crippen molar-refractivity contribution in [3.63, 3.8) is 0 Å². The monoisotopic (exact) mass is 293 g/mol. The molecule has 0 radical (unpaired) electrons. The predicted molar refractivity (Wildman–Crippen MR) is 70.8 cm³/mol. The van der Waals surface area contributed by atoms with Gasteiger partial charge in [0.1, 0.15) is 6.10 Å². The normalized spacial score (nSPS) is 21.0. The predicted octanol–water partition coefficient (Wildman–Crippen LogP) is 1.29. The molecule has 0 bridgehead atoms. The number of aromatic nitrogens is 1. The minimum Gasteiger partial charge on any atom is -0.481 e. The van der Waals surface area contributed by atoms with Crippen molar-refractivity contribution in [1.29, 1.82) is 0 Å². The van der Waals surface area contributed by atoms with Crippen LogP contribution in [0.2, 0.25) is 0 Å². The maximum absolute atomic E-state index is 11.5. The van der Waals surface area contributed by atoms with Gasteiger partial charge < -0.3 is 9.84 Å². The number of hydrogen-bond donors (Lipinski definition) is 1. The highest BCUT2D eigenvalue weighted by Gasteiger charge is 2.35. The number of carboxylic acid groups (broad SMARTS) is 1. The Balaban J connectivity index is 1.94. The fourth-order valence-electron chi connectivity index (χ4n) is 2.29. The van der Waals surface area contributed by atoms with Crippen LogP contribution in [0.1, 0.15) is 30.9 Å². The van der Waals surface area contributed by atoms with Gasteiger partial charge in [0, 0.05) is 18.8 Å². The van der Waals surface area contributed by atoms with E-state index < -0.39 is 18.0 Å². The number of esters is 1. The standard InChI is InChI=1S/C13H15N3O5/c17-12(18)3-4-13(19)21-10-6-11(16(8-10)15-20)9-2-1-5-14-7-9/h1-2,5,7,10-11H,3-4,6,8H2,(H,17,18). The van der Waals surface area contributed by atoms with Gasteiger partial charge in [-0.15, -0.1) is 4.91 Å². The second-order valence-corrected chi connectivity index (χ2v) is 4.75. The summed E-state index contributed by atoms with van der Waals surface area (Å²) in [6.07, 6.45) is 2.76. The zero-order valence-electron chi connectivity index (χ0n) is 11.2. The molecule has 2 atom stereocenters. The van der Waals surface area contributed by atoms with Crippen LogP contribution >= 0.6 is 0 Å². The smallest absolute Gasteiger partial charge is 0.306 e. The summed E-state index contributed by atoms with van der Waals surface area (Å²) in [4.78, 5) is 36.8. The number of carbonyl (C=O) groups excluding carboxylic acids is 1. The Bertz CT molecular complexity index is 522. The van der Waals surface area contributed by atoms with E-state index in [0.717, 1.165) is 5.56 Å². The number of carbonyl (C=O) groups is 2. The highest BCUT2D eigenvalue weighted by Crippen LogP contribution is 2.33. The largest absolute Gasteiger partial charge is 0.481 e. The lowest BCUT2D eigenvalue weighted by atomic mass is 10.1. The summed E-state index contributed by atoms with van der Waals surface area (Å²) in [6, 6.07) is 3.29. The third-order valence-corrected chi connectivity index (χ3v) is 3.25. The third-order valence-electron chi connectivity index (χ3n) is 3.25. The molecule has 2 rings (SSSR count). The Kier molecular flexibility index (Phi) is 4.81. The zero-order chi connectivity index (χ0) is 15.2. The molecule has 21 heavy (non-hydrogen) atoms. The molecule has 1 aliphatic rings. The van der Waals surface area contributed by atoms with Crippen molar-refractivity contribution in [3.8, 4) is 0 Å². The molecule has 1 fully saturated rings. The van der Waals surface area contributed by atoms with E-state index in [9.17, 15) is 14.5 Å². The molecule has 1 aromatic rings. The molecule has 2 heterocycles. The second-order valence-electron chi connectivity index (χ2n) is 4.75. The van der Waals surface area contributed by atoms with Gasteiger partial charge in [0.05, 0.1) is 30.7 Å². The van der Waals surface area contributed by atoms with Crippen molar-refractivity contribution >= 4 is 11.9 Å². The van der Waals surface area contributed by atoms with Crippen LogP contribution in [0.25, 0.3) is 0 Å². The van der Waals surface area contributed by atoms with Crippen LogP contribution in [0, 0.1) is 4.91 Å². The average molecular weight is 293 g/mol. The van der Waals surface area contributed by atoms with Crippen molar-refractivity contribution < 1.29 is 19.4 Å². The first-order chi connectivity index (χ1) is 10.1. The molecule has 112 valence electrons. The summed E-state index contributed by atoms with van der Waals surface area (Å²) in [7, 11) is 0. The van der Waals surface area contributed by atoms with Crippen molar-refractivity contribution in [1.82, 2.24) is 9.99 Å². The minimum atomic E-state index is -1.05. The first-order valence-electron chi connectivity index (χ1n) is 6.51. The van der Waals surface area contributed by atoms with Crippen LogP contribution in [0.5, 0.6) is 0 Å². The Morgan fingerprint density at radius 1 is 1.48 bits per heavy atom. The quantitative estimate of drug-likeness (QED) is 0.621. The highest BCUT2D eigenvalue weighted by atomic mass is 16.5. The molecule has 0 amide bonds. The number of nitrogens with zero attached hydrogens (tertiary/aromatic N) is 3. The SMILES string of the molecule is O=NN1CC(OC(=O)CCC(=O)O)CC1c1cccnc1. The van der Waals surface area contributed by atoms with E-state index in [0.29, 0.717) is 6.42 Å². The summed E-state index contributed by atoms with van der Waals surface area (Å²) in [6.45, 7) is 0.196. The molecule has 8 nitrogen and oxygen atoms in total. The molecular formula is C13H15N3O5. The topological polar surface area (TPSA) is 109 Å². The average Bonchev–Trinajstić information content (AvgIpc) is 2.89. The van der Waals surface area contributed by atoms with Gasteiger partial charge >= 0.3 is 11.9 Å². The fraction of sp³-hybridized carbons (Fsp3) is 0.462. The molecular weight excluding hydrogens is 278 g/mol. The van der Waals surface area contributed by atoms with Gasteiger partial charge in [0.15, 0.2) is 0 Å². The van der Waals surface area contributed by atoms with Crippen molar-refractivity contribution in [2.24, 2.45) is 5.29 Å². The molecule has 1 N–H and O–H groups in total. The van der Waals surface area contributed by atoms with Gasteiger partial charge in [-0.05, 0) is 11.6 Å². The summed E-state index contributed by atoms with van der Waals surface area (Å²) >= 11 is 0.